The fraction of sp³-hybridized carbons (Fsp3) is 0.280. The van der Waals surface area contributed by atoms with Gasteiger partial charge in [0.15, 0.2) is 11.7 Å². The van der Waals surface area contributed by atoms with Crippen LogP contribution in [0.5, 0.6) is 5.75 Å². The van der Waals surface area contributed by atoms with Crippen LogP contribution < -0.4 is 10.1 Å². The Morgan fingerprint density at radius 1 is 1.16 bits per heavy atom. The number of aryl methyl sites for hydroxylation is 2. The number of carbonyl (C=O) groups is 1. The number of benzene rings is 2. The van der Waals surface area contributed by atoms with Gasteiger partial charge in [0, 0.05) is 29.4 Å². The molecule has 0 fully saturated rings. The monoisotopic (exact) mass is 418 g/mol. The molecular formula is C25H26N2O4. The number of nitrogens with zero attached hydrogens (tertiary/aromatic N) is 1. The molecule has 1 N–H and O–H groups in total. The van der Waals surface area contributed by atoms with Crippen molar-refractivity contribution < 1.29 is 18.4 Å². The summed E-state index contributed by atoms with van der Waals surface area (Å²) in [6.45, 7) is 3.93. The smallest absolute Gasteiger partial charge is 0.220 e. The molecule has 1 unspecified atom stereocenters. The molecule has 2 aromatic carbocycles. The number of oxazole rings is 1. The molecular weight excluding hydrogens is 392 g/mol. The fourth-order valence-corrected chi connectivity index (χ4v) is 3.70. The number of ether oxygens (including phenoxy) is 1. The summed E-state index contributed by atoms with van der Waals surface area (Å²) >= 11 is 0. The summed E-state index contributed by atoms with van der Waals surface area (Å²) in [4.78, 5) is 16.8. The van der Waals surface area contributed by atoms with Crippen LogP contribution in [-0.4, -0.2) is 18.0 Å². The van der Waals surface area contributed by atoms with Gasteiger partial charge >= 0.3 is 0 Å². The number of carbonyl (C=O) groups excluding carboxylic acids is 1. The number of nitrogens with one attached hydrogen (secondary N) is 1. The van der Waals surface area contributed by atoms with Gasteiger partial charge in [-0.15, -0.1) is 0 Å². The highest BCUT2D eigenvalue weighted by molar-refractivity contribution is 5.84. The van der Waals surface area contributed by atoms with E-state index >= 15 is 0 Å². The highest BCUT2D eigenvalue weighted by Crippen LogP contribution is 2.32. The summed E-state index contributed by atoms with van der Waals surface area (Å²) in [6.07, 6.45) is 3.38. The molecule has 0 radical (unpaired) electrons. The van der Waals surface area contributed by atoms with Crippen LogP contribution in [0.2, 0.25) is 0 Å². The van der Waals surface area contributed by atoms with Crippen LogP contribution in [-0.2, 0) is 11.2 Å². The summed E-state index contributed by atoms with van der Waals surface area (Å²) in [6, 6.07) is 15.3. The number of methoxy groups -OCH3 is 1. The molecule has 0 aliphatic heterocycles. The van der Waals surface area contributed by atoms with Crippen LogP contribution in [0.1, 0.15) is 43.0 Å². The predicted molar refractivity (Wildman–Crippen MR) is 119 cm³/mol. The molecule has 1 amide bonds. The number of hydrogen-bond acceptors (Lipinski definition) is 5. The molecule has 1 atom stereocenters. The molecule has 31 heavy (non-hydrogen) atoms. The number of amides is 1. The standard InChI is InChI=1S/C25H26N2O4/c1-16-20-14-19(29-3)12-13-21(20)31-25(16)17(2)27-23(28)10-7-11-24-26-15-22(30-24)18-8-5-4-6-9-18/h4-6,8-9,12-15,17H,7,10-11H2,1-3H3,(H,27,28). The normalized spacial score (nSPS) is 12.1. The first-order valence-electron chi connectivity index (χ1n) is 10.4. The van der Waals surface area contributed by atoms with Crippen LogP contribution in [0.3, 0.4) is 0 Å². The Morgan fingerprint density at radius 2 is 1.97 bits per heavy atom. The van der Waals surface area contributed by atoms with E-state index in [1.165, 1.54) is 0 Å². The minimum Gasteiger partial charge on any atom is -0.497 e. The largest absolute Gasteiger partial charge is 0.497 e. The van der Waals surface area contributed by atoms with Crippen molar-refractivity contribution in [1.29, 1.82) is 0 Å². The SMILES string of the molecule is COc1ccc2oc(C(C)NC(=O)CCCc3ncc(-c4ccccc4)o3)c(C)c2c1. The number of furan rings is 1. The lowest BCUT2D eigenvalue weighted by Crippen LogP contribution is -2.26. The fourth-order valence-electron chi connectivity index (χ4n) is 3.70. The average molecular weight is 418 g/mol. The average Bonchev–Trinajstić information content (AvgIpc) is 3.39. The highest BCUT2D eigenvalue weighted by atomic mass is 16.5. The summed E-state index contributed by atoms with van der Waals surface area (Å²) in [5.41, 5.74) is 2.79. The minimum atomic E-state index is -0.225. The van der Waals surface area contributed by atoms with Gasteiger partial charge < -0.3 is 18.9 Å². The van der Waals surface area contributed by atoms with Gasteiger partial charge in [-0.2, -0.15) is 0 Å². The molecule has 4 rings (SSSR count). The number of hydrogen-bond donors (Lipinski definition) is 1. The van der Waals surface area contributed by atoms with Crippen LogP contribution in [0, 0.1) is 6.92 Å². The van der Waals surface area contributed by atoms with Gasteiger partial charge in [0.25, 0.3) is 0 Å². The van der Waals surface area contributed by atoms with Crippen LogP contribution in [0.25, 0.3) is 22.3 Å². The first kappa shape index (κ1) is 20.7. The molecule has 0 saturated heterocycles. The van der Waals surface area contributed by atoms with Crippen molar-refractivity contribution in [3.63, 3.8) is 0 Å². The number of fused-ring (bicyclic) bond motifs is 1. The molecule has 2 aromatic heterocycles. The lowest BCUT2D eigenvalue weighted by Gasteiger charge is -2.12. The minimum absolute atomic E-state index is 0.0280. The van der Waals surface area contributed by atoms with Crippen molar-refractivity contribution in [2.75, 3.05) is 7.11 Å². The van der Waals surface area contributed by atoms with E-state index in [1.54, 1.807) is 13.3 Å². The van der Waals surface area contributed by atoms with Gasteiger partial charge in [-0.25, -0.2) is 4.98 Å². The van der Waals surface area contributed by atoms with Gasteiger partial charge in [-0.1, -0.05) is 30.3 Å². The Hall–Kier alpha value is -3.54. The first-order chi connectivity index (χ1) is 15.0. The van der Waals surface area contributed by atoms with Crippen molar-refractivity contribution >= 4 is 16.9 Å². The zero-order valence-electron chi connectivity index (χ0n) is 18.0. The molecule has 4 aromatic rings. The third kappa shape index (κ3) is 4.63. The maximum Gasteiger partial charge on any atom is 0.220 e. The number of aromatic nitrogens is 1. The third-order valence-electron chi connectivity index (χ3n) is 5.36. The maximum absolute atomic E-state index is 12.4. The van der Waals surface area contributed by atoms with Crippen LogP contribution in [0.4, 0.5) is 0 Å². The van der Waals surface area contributed by atoms with Gasteiger partial charge in [0.1, 0.15) is 17.1 Å². The highest BCUT2D eigenvalue weighted by Gasteiger charge is 2.19. The van der Waals surface area contributed by atoms with Gasteiger partial charge in [0.05, 0.1) is 19.3 Å². The second kappa shape index (κ2) is 9.08. The molecule has 6 nitrogen and oxygen atoms in total. The van der Waals surface area contributed by atoms with Crippen molar-refractivity contribution in [3.8, 4) is 17.1 Å². The zero-order chi connectivity index (χ0) is 21.8. The van der Waals surface area contributed by atoms with Crippen LogP contribution in [0.15, 0.2) is 63.6 Å². The van der Waals surface area contributed by atoms with Crippen molar-refractivity contribution in [1.82, 2.24) is 10.3 Å². The summed E-state index contributed by atoms with van der Waals surface area (Å²) in [5, 5.41) is 4.02. The topological polar surface area (TPSA) is 77.5 Å². The second-order valence-electron chi connectivity index (χ2n) is 7.58. The van der Waals surface area contributed by atoms with Gasteiger partial charge in [0.2, 0.25) is 5.91 Å². The molecule has 160 valence electrons. The summed E-state index contributed by atoms with van der Waals surface area (Å²) in [5.74, 6) is 2.89. The van der Waals surface area contributed by atoms with E-state index in [2.05, 4.69) is 10.3 Å². The van der Waals surface area contributed by atoms with E-state index in [0.717, 1.165) is 39.4 Å². The third-order valence-corrected chi connectivity index (χ3v) is 5.36. The van der Waals surface area contributed by atoms with E-state index in [0.29, 0.717) is 25.2 Å². The summed E-state index contributed by atoms with van der Waals surface area (Å²) in [7, 11) is 1.64. The van der Waals surface area contributed by atoms with E-state index in [-0.39, 0.29) is 11.9 Å². The Kier molecular flexibility index (Phi) is 6.07. The van der Waals surface area contributed by atoms with E-state index < -0.39 is 0 Å². The molecule has 0 bridgehead atoms. The molecule has 0 aliphatic carbocycles. The Labute approximate surface area is 181 Å². The Morgan fingerprint density at radius 3 is 2.74 bits per heavy atom. The lowest BCUT2D eigenvalue weighted by atomic mass is 10.1. The maximum atomic E-state index is 12.4. The lowest BCUT2D eigenvalue weighted by molar-refractivity contribution is -0.121. The van der Waals surface area contributed by atoms with Crippen LogP contribution >= 0.6 is 0 Å². The van der Waals surface area contributed by atoms with E-state index in [9.17, 15) is 4.79 Å². The first-order valence-corrected chi connectivity index (χ1v) is 10.4. The second-order valence-corrected chi connectivity index (χ2v) is 7.58. The predicted octanol–water partition coefficient (Wildman–Crippen LogP) is 5.60. The zero-order valence-corrected chi connectivity index (χ0v) is 18.0. The number of rotatable bonds is 8. The van der Waals surface area contributed by atoms with E-state index in [1.807, 2.05) is 62.4 Å². The van der Waals surface area contributed by atoms with Gasteiger partial charge in [-0.3, -0.25) is 4.79 Å². The quantitative estimate of drug-likeness (QED) is 0.403. The molecule has 0 saturated carbocycles. The van der Waals surface area contributed by atoms with Crippen molar-refractivity contribution in [2.45, 2.75) is 39.2 Å². The Bertz CT molecular complexity index is 1180. The molecule has 2 heterocycles. The van der Waals surface area contributed by atoms with Gasteiger partial charge in [-0.05, 0) is 38.5 Å². The van der Waals surface area contributed by atoms with Crippen molar-refractivity contribution in [3.05, 3.63) is 71.9 Å². The molecule has 0 aliphatic rings. The molecule has 6 heteroatoms. The van der Waals surface area contributed by atoms with Crippen molar-refractivity contribution in [2.24, 2.45) is 0 Å². The Balaban J connectivity index is 1.31. The molecule has 0 spiro atoms. The summed E-state index contributed by atoms with van der Waals surface area (Å²) < 4.78 is 17.1. The van der Waals surface area contributed by atoms with E-state index in [4.69, 9.17) is 13.6 Å².